The van der Waals surface area contributed by atoms with Crippen molar-refractivity contribution in [1.29, 1.82) is 0 Å². The lowest BCUT2D eigenvalue weighted by molar-refractivity contribution is 0.0257. The molecule has 2 aromatic carbocycles. The van der Waals surface area contributed by atoms with Crippen LogP contribution in [0, 0.1) is 5.92 Å². The van der Waals surface area contributed by atoms with E-state index < -0.39 is 34.3 Å². The molecule has 0 saturated heterocycles. The Bertz CT molecular complexity index is 1830. The minimum atomic E-state index is -1.93. The molecule has 11 heteroatoms. The highest BCUT2D eigenvalue weighted by atomic mass is 35.5. The SMILES string of the molecule is COc1cc(OC)c2c(c1Cl)O[C@@]1(C(=O)c3cc4c(=O)[nH]c(=O)n(Cc5ccccc5)c4nc3C[C@H]1C)C2=O. The minimum Gasteiger partial charge on any atom is -0.496 e. The van der Waals surface area contributed by atoms with Crippen LogP contribution < -0.4 is 25.5 Å². The van der Waals surface area contributed by atoms with Crippen molar-refractivity contribution in [2.75, 3.05) is 14.2 Å². The van der Waals surface area contributed by atoms with Gasteiger partial charge in [-0.05, 0) is 18.1 Å². The summed E-state index contributed by atoms with van der Waals surface area (Å²) in [7, 11) is 2.80. The Kier molecular flexibility index (Phi) is 5.62. The highest BCUT2D eigenvalue weighted by Gasteiger charge is 2.62. The van der Waals surface area contributed by atoms with Crippen molar-refractivity contribution in [3.05, 3.63) is 90.7 Å². The van der Waals surface area contributed by atoms with Gasteiger partial charge >= 0.3 is 5.69 Å². The molecule has 0 unspecified atom stereocenters. The number of pyridine rings is 1. The zero-order chi connectivity index (χ0) is 27.6. The Morgan fingerprint density at radius 1 is 1.08 bits per heavy atom. The summed E-state index contributed by atoms with van der Waals surface area (Å²) in [5, 5.41) is 0.0879. The van der Waals surface area contributed by atoms with E-state index in [1.165, 1.54) is 30.9 Å². The van der Waals surface area contributed by atoms with E-state index in [9.17, 15) is 19.2 Å². The Balaban J connectivity index is 1.52. The Morgan fingerprint density at radius 3 is 2.49 bits per heavy atom. The monoisotopic (exact) mass is 547 g/mol. The van der Waals surface area contributed by atoms with Crippen molar-refractivity contribution < 1.29 is 23.8 Å². The molecule has 2 aliphatic rings. The molecule has 2 atom stereocenters. The van der Waals surface area contributed by atoms with Gasteiger partial charge in [0.05, 0.1) is 31.8 Å². The van der Waals surface area contributed by atoms with E-state index >= 15 is 0 Å². The van der Waals surface area contributed by atoms with Crippen LogP contribution in [0.4, 0.5) is 0 Å². The largest absolute Gasteiger partial charge is 0.496 e. The normalized spacial score (nSPS) is 19.6. The maximum Gasteiger partial charge on any atom is 0.330 e. The van der Waals surface area contributed by atoms with E-state index in [0.29, 0.717) is 5.69 Å². The predicted molar refractivity (Wildman–Crippen MR) is 142 cm³/mol. The molecular weight excluding hydrogens is 526 g/mol. The predicted octanol–water partition coefficient (Wildman–Crippen LogP) is 3.19. The highest BCUT2D eigenvalue weighted by Crippen LogP contribution is 2.53. The van der Waals surface area contributed by atoms with Crippen LogP contribution in [0.25, 0.3) is 11.0 Å². The van der Waals surface area contributed by atoms with Gasteiger partial charge in [0.1, 0.15) is 27.7 Å². The number of hydrogen-bond acceptors (Lipinski definition) is 8. The first-order valence-corrected chi connectivity index (χ1v) is 12.5. The smallest absolute Gasteiger partial charge is 0.330 e. The molecule has 39 heavy (non-hydrogen) atoms. The summed E-state index contributed by atoms with van der Waals surface area (Å²) in [6.45, 7) is 1.88. The Hall–Kier alpha value is -4.44. The molecule has 3 heterocycles. The third-order valence-electron chi connectivity index (χ3n) is 7.42. The number of H-pyrrole nitrogens is 1. The number of nitrogens with one attached hydrogen (secondary N) is 1. The summed E-state index contributed by atoms with van der Waals surface area (Å²) in [5.74, 6) is -1.51. The maximum absolute atomic E-state index is 14.1. The minimum absolute atomic E-state index is 0.00446. The second-order valence-electron chi connectivity index (χ2n) is 9.59. The molecular formula is C28H22ClN3O7. The van der Waals surface area contributed by atoms with E-state index in [-0.39, 0.29) is 57.4 Å². The summed E-state index contributed by atoms with van der Waals surface area (Å²) in [6.07, 6.45) is 0.167. The zero-order valence-electron chi connectivity index (χ0n) is 21.2. The van der Waals surface area contributed by atoms with Gasteiger partial charge in [-0.1, -0.05) is 48.9 Å². The van der Waals surface area contributed by atoms with Gasteiger partial charge in [-0.3, -0.25) is 23.9 Å². The van der Waals surface area contributed by atoms with Gasteiger partial charge < -0.3 is 14.2 Å². The molecule has 1 spiro atoms. The summed E-state index contributed by atoms with van der Waals surface area (Å²) in [5.41, 5.74) is -1.77. The zero-order valence-corrected chi connectivity index (χ0v) is 21.9. The number of nitrogens with zero attached hydrogens (tertiary/aromatic N) is 2. The number of halogens is 1. The van der Waals surface area contributed by atoms with Crippen LogP contribution in [0.2, 0.25) is 5.02 Å². The third-order valence-corrected chi connectivity index (χ3v) is 7.78. The molecule has 6 rings (SSSR count). The molecule has 10 nitrogen and oxygen atoms in total. The van der Waals surface area contributed by atoms with E-state index in [1.54, 1.807) is 6.92 Å². The van der Waals surface area contributed by atoms with Gasteiger partial charge in [0.25, 0.3) is 5.56 Å². The van der Waals surface area contributed by atoms with Gasteiger partial charge in [-0.25, -0.2) is 9.78 Å². The van der Waals surface area contributed by atoms with Crippen molar-refractivity contribution in [3.8, 4) is 17.2 Å². The molecule has 0 bridgehead atoms. The number of aromatic nitrogens is 3. The second kappa shape index (κ2) is 8.81. The van der Waals surface area contributed by atoms with E-state index in [0.717, 1.165) is 5.56 Å². The van der Waals surface area contributed by atoms with Gasteiger partial charge in [-0.15, -0.1) is 0 Å². The van der Waals surface area contributed by atoms with Crippen molar-refractivity contribution in [2.45, 2.75) is 25.5 Å². The standard InChI is InChI=1S/C28H22ClN3O7/c1-13-9-17-15(10-16-25(30-17)32(27(36)31-26(16)35)12-14-7-5-4-6-8-14)23(33)28(13)24(34)20-18(37-2)11-19(38-3)21(29)22(20)39-28/h4-8,10-11,13H,9,12H2,1-3H3,(H,31,35,36)/t13-,28+/m1/s1. The van der Waals surface area contributed by atoms with Crippen molar-refractivity contribution in [3.63, 3.8) is 0 Å². The summed E-state index contributed by atoms with van der Waals surface area (Å²) >= 11 is 6.49. The molecule has 0 fully saturated rings. The van der Waals surface area contributed by atoms with Crippen molar-refractivity contribution in [2.24, 2.45) is 5.92 Å². The van der Waals surface area contributed by atoms with Gasteiger partial charge in [0, 0.05) is 17.5 Å². The number of carbonyl (C=O) groups excluding carboxylic acids is 2. The number of rotatable bonds is 4. The number of hydrogen-bond donors (Lipinski definition) is 1. The molecule has 0 amide bonds. The Morgan fingerprint density at radius 2 is 1.79 bits per heavy atom. The average molecular weight is 548 g/mol. The van der Waals surface area contributed by atoms with E-state index in [4.69, 9.17) is 25.8 Å². The van der Waals surface area contributed by atoms with Crippen LogP contribution in [0.1, 0.15) is 38.9 Å². The molecule has 1 N–H and O–H groups in total. The fourth-order valence-corrected chi connectivity index (χ4v) is 5.70. The van der Waals surface area contributed by atoms with Crippen LogP contribution in [-0.2, 0) is 13.0 Å². The molecule has 198 valence electrons. The quantitative estimate of drug-likeness (QED) is 0.386. The third kappa shape index (κ3) is 3.44. The summed E-state index contributed by atoms with van der Waals surface area (Å²) in [6, 6.07) is 12.1. The maximum atomic E-state index is 14.1. The highest BCUT2D eigenvalue weighted by molar-refractivity contribution is 6.36. The van der Waals surface area contributed by atoms with Crippen LogP contribution in [0.5, 0.6) is 17.2 Å². The lowest BCUT2D eigenvalue weighted by Crippen LogP contribution is -2.57. The number of fused-ring (bicyclic) bond motifs is 3. The first kappa shape index (κ1) is 24.9. The first-order valence-electron chi connectivity index (χ1n) is 12.1. The van der Waals surface area contributed by atoms with E-state index in [1.807, 2.05) is 30.3 Å². The van der Waals surface area contributed by atoms with Crippen molar-refractivity contribution >= 4 is 34.2 Å². The number of ether oxygens (including phenoxy) is 3. The number of benzene rings is 2. The lowest BCUT2D eigenvalue weighted by Gasteiger charge is -2.36. The topological polar surface area (TPSA) is 130 Å². The summed E-state index contributed by atoms with van der Waals surface area (Å²) < 4.78 is 18.2. The van der Waals surface area contributed by atoms with Gasteiger partial charge in [-0.2, -0.15) is 0 Å². The van der Waals surface area contributed by atoms with Crippen molar-refractivity contribution in [1.82, 2.24) is 14.5 Å². The first-order chi connectivity index (χ1) is 18.7. The van der Waals surface area contributed by atoms with Crippen LogP contribution in [0.15, 0.2) is 52.1 Å². The summed E-state index contributed by atoms with van der Waals surface area (Å²) in [4.78, 5) is 60.6. The molecule has 1 aliphatic heterocycles. The van der Waals surface area contributed by atoms with E-state index in [2.05, 4.69) is 9.97 Å². The molecule has 1 aliphatic carbocycles. The van der Waals surface area contributed by atoms with Crippen LogP contribution in [-0.4, -0.2) is 45.9 Å². The molecule has 0 saturated carbocycles. The fourth-order valence-electron chi connectivity index (χ4n) is 5.44. The fraction of sp³-hybridized carbons (Fsp3) is 0.250. The number of methoxy groups -OCH3 is 2. The van der Waals surface area contributed by atoms with Gasteiger partial charge in [0.15, 0.2) is 5.75 Å². The number of ketones is 2. The Labute approximate surface area is 226 Å². The van der Waals surface area contributed by atoms with Crippen LogP contribution in [0.3, 0.4) is 0 Å². The van der Waals surface area contributed by atoms with Gasteiger partial charge in [0.2, 0.25) is 17.2 Å². The molecule has 0 radical (unpaired) electrons. The molecule has 2 aromatic heterocycles. The lowest BCUT2D eigenvalue weighted by atomic mass is 9.71. The number of Topliss-reactive ketones (excluding diaryl/α,β-unsaturated/α-hetero) is 2. The number of aromatic amines is 1. The average Bonchev–Trinajstić information content (AvgIpc) is 3.25. The molecule has 4 aromatic rings. The van der Waals surface area contributed by atoms with Crippen LogP contribution >= 0.6 is 11.6 Å². The second-order valence-corrected chi connectivity index (χ2v) is 9.96. The number of carbonyl (C=O) groups is 2.